The summed E-state index contributed by atoms with van der Waals surface area (Å²) in [6.45, 7) is 19.1. The van der Waals surface area contributed by atoms with Gasteiger partial charge in [-0.15, -0.1) is 0 Å². The summed E-state index contributed by atoms with van der Waals surface area (Å²) in [5, 5.41) is 10.4. The van der Waals surface area contributed by atoms with Gasteiger partial charge >= 0.3 is 0 Å². The van der Waals surface area contributed by atoms with Crippen molar-refractivity contribution in [1.29, 1.82) is 0 Å². The van der Waals surface area contributed by atoms with E-state index in [-0.39, 0.29) is 23.0 Å². The molecule has 1 aliphatic heterocycles. The van der Waals surface area contributed by atoms with Gasteiger partial charge < -0.3 is 14.3 Å². The summed E-state index contributed by atoms with van der Waals surface area (Å²) in [6.07, 6.45) is 3.05. The van der Waals surface area contributed by atoms with Crippen LogP contribution in [0.2, 0.25) is 18.1 Å². The summed E-state index contributed by atoms with van der Waals surface area (Å²) in [4.78, 5) is 0. The number of allylic oxidation sites excluding steroid dienone is 1. The molecule has 1 heterocycles. The van der Waals surface area contributed by atoms with Gasteiger partial charge in [0.1, 0.15) is 0 Å². The fourth-order valence-corrected chi connectivity index (χ4v) is 3.90. The third-order valence-corrected chi connectivity index (χ3v) is 9.97. The first-order valence-electron chi connectivity index (χ1n) is 7.84. The predicted octanol–water partition coefficient (Wildman–Crippen LogP) is 4.21. The number of aliphatic hydroxyl groups is 1. The standard InChI is InChI=1S/C17H30O3Si/c1-11-14-9-13(10-15(14)19-17(11,6)18)12(2)20-21(7,8)16(3,4)5/h9,11,14-15,18H,2,10H2,1,3-8H3/t11-,14-,15-,17+/m0/s1. The number of fused-ring (bicyclic) bond motifs is 1. The highest BCUT2D eigenvalue weighted by Gasteiger charge is 2.51. The highest BCUT2D eigenvalue weighted by atomic mass is 28.4. The Kier molecular flexibility index (Phi) is 3.97. The van der Waals surface area contributed by atoms with Gasteiger partial charge in [-0.1, -0.05) is 40.3 Å². The Morgan fingerprint density at radius 3 is 2.52 bits per heavy atom. The molecule has 0 aromatic carbocycles. The second-order valence-electron chi connectivity index (χ2n) is 8.26. The highest BCUT2D eigenvalue weighted by Crippen LogP contribution is 2.48. The summed E-state index contributed by atoms with van der Waals surface area (Å²) in [5.74, 6) is 0.140. The first-order chi connectivity index (χ1) is 9.35. The Bertz CT molecular complexity index is 471. The van der Waals surface area contributed by atoms with E-state index in [0.717, 1.165) is 17.8 Å². The van der Waals surface area contributed by atoms with Crippen LogP contribution in [0.1, 0.15) is 41.0 Å². The maximum Gasteiger partial charge on any atom is 0.250 e. The molecule has 0 bridgehead atoms. The molecule has 1 saturated heterocycles. The van der Waals surface area contributed by atoms with Crippen LogP contribution in [0.4, 0.5) is 0 Å². The quantitative estimate of drug-likeness (QED) is 0.627. The molecular formula is C17H30O3Si. The van der Waals surface area contributed by atoms with Gasteiger partial charge in [-0.3, -0.25) is 0 Å². The number of rotatable bonds is 3. The van der Waals surface area contributed by atoms with Crippen molar-refractivity contribution in [3.8, 4) is 0 Å². The molecule has 2 aliphatic rings. The number of hydrogen-bond donors (Lipinski definition) is 1. The minimum Gasteiger partial charge on any atom is -0.544 e. The molecule has 120 valence electrons. The normalized spacial score (nSPS) is 36.4. The minimum atomic E-state index is -1.85. The van der Waals surface area contributed by atoms with Crippen LogP contribution in [0.25, 0.3) is 0 Å². The van der Waals surface area contributed by atoms with E-state index in [4.69, 9.17) is 9.16 Å². The molecule has 4 atom stereocenters. The van der Waals surface area contributed by atoms with E-state index in [1.165, 1.54) is 0 Å². The van der Waals surface area contributed by atoms with Gasteiger partial charge in [0.15, 0.2) is 5.79 Å². The van der Waals surface area contributed by atoms with Crippen molar-refractivity contribution in [2.45, 2.75) is 71.1 Å². The minimum absolute atomic E-state index is 0.0600. The van der Waals surface area contributed by atoms with Gasteiger partial charge in [-0.05, 0) is 30.6 Å². The maximum absolute atomic E-state index is 10.2. The summed E-state index contributed by atoms with van der Waals surface area (Å²) < 4.78 is 12.1. The van der Waals surface area contributed by atoms with Crippen LogP contribution in [0, 0.1) is 11.8 Å². The Hall–Kier alpha value is -0.583. The zero-order valence-electron chi connectivity index (χ0n) is 14.5. The second kappa shape index (κ2) is 4.97. The summed E-state index contributed by atoms with van der Waals surface area (Å²) in [5.41, 5.74) is 1.15. The van der Waals surface area contributed by atoms with Crippen LogP contribution in [-0.4, -0.2) is 25.3 Å². The summed E-state index contributed by atoms with van der Waals surface area (Å²) >= 11 is 0. The van der Waals surface area contributed by atoms with Crippen LogP contribution in [0.15, 0.2) is 24.0 Å². The van der Waals surface area contributed by atoms with E-state index >= 15 is 0 Å². The van der Waals surface area contributed by atoms with Gasteiger partial charge in [0, 0.05) is 18.3 Å². The van der Waals surface area contributed by atoms with Gasteiger partial charge in [-0.2, -0.15) is 0 Å². The van der Waals surface area contributed by atoms with E-state index in [9.17, 15) is 5.11 Å². The van der Waals surface area contributed by atoms with E-state index < -0.39 is 14.1 Å². The monoisotopic (exact) mass is 310 g/mol. The third-order valence-electron chi connectivity index (χ3n) is 5.60. The highest BCUT2D eigenvalue weighted by molar-refractivity contribution is 6.74. The Balaban J connectivity index is 2.09. The van der Waals surface area contributed by atoms with Gasteiger partial charge in [-0.25, -0.2) is 0 Å². The zero-order chi connectivity index (χ0) is 16.2. The molecule has 1 N–H and O–H groups in total. The predicted molar refractivity (Wildman–Crippen MR) is 88.3 cm³/mol. The Labute approximate surface area is 130 Å². The SMILES string of the molecule is C=C(O[Si](C)(C)C(C)(C)C)C1=C[C@@H]2[C@H](C1)O[C@@](C)(O)[C@H]2C. The summed E-state index contributed by atoms with van der Waals surface area (Å²) in [7, 11) is -1.85. The van der Waals surface area contributed by atoms with Crippen LogP contribution >= 0.6 is 0 Å². The molecule has 4 heteroatoms. The average molecular weight is 311 g/mol. The van der Waals surface area contributed by atoms with Crippen molar-refractivity contribution >= 4 is 8.32 Å². The van der Waals surface area contributed by atoms with Crippen molar-refractivity contribution < 1.29 is 14.3 Å². The molecule has 0 saturated carbocycles. The van der Waals surface area contributed by atoms with Gasteiger partial charge in [0.05, 0.1) is 11.9 Å². The molecule has 1 aliphatic carbocycles. The molecule has 2 rings (SSSR count). The van der Waals surface area contributed by atoms with Gasteiger partial charge in [0.2, 0.25) is 8.32 Å². The van der Waals surface area contributed by atoms with Gasteiger partial charge in [0.25, 0.3) is 0 Å². The first kappa shape index (κ1) is 16.8. The maximum atomic E-state index is 10.2. The van der Waals surface area contributed by atoms with Crippen molar-refractivity contribution in [3.05, 3.63) is 24.0 Å². The van der Waals surface area contributed by atoms with Crippen LogP contribution in [-0.2, 0) is 9.16 Å². The fraction of sp³-hybridized carbons (Fsp3) is 0.765. The van der Waals surface area contributed by atoms with Crippen molar-refractivity contribution in [1.82, 2.24) is 0 Å². The smallest absolute Gasteiger partial charge is 0.250 e. The second-order valence-corrected chi connectivity index (χ2v) is 13.0. The van der Waals surface area contributed by atoms with Crippen molar-refractivity contribution in [3.63, 3.8) is 0 Å². The van der Waals surface area contributed by atoms with E-state index in [1.54, 1.807) is 6.92 Å². The fourth-order valence-electron chi connectivity index (χ4n) is 2.85. The Morgan fingerprint density at radius 2 is 2.05 bits per heavy atom. The van der Waals surface area contributed by atoms with E-state index in [0.29, 0.717) is 0 Å². The molecule has 0 radical (unpaired) electrons. The molecule has 0 unspecified atom stereocenters. The number of hydrogen-bond acceptors (Lipinski definition) is 3. The average Bonchev–Trinajstić information content (AvgIpc) is 2.76. The van der Waals surface area contributed by atoms with Crippen LogP contribution in [0.5, 0.6) is 0 Å². The molecule has 0 spiro atoms. The lowest BCUT2D eigenvalue weighted by Gasteiger charge is -2.37. The topological polar surface area (TPSA) is 38.7 Å². The molecule has 0 aromatic rings. The molecule has 21 heavy (non-hydrogen) atoms. The van der Waals surface area contributed by atoms with E-state index in [1.807, 2.05) is 6.92 Å². The lowest BCUT2D eigenvalue weighted by molar-refractivity contribution is -0.195. The molecule has 0 amide bonds. The van der Waals surface area contributed by atoms with Crippen molar-refractivity contribution in [2.24, 2.45) is 11.8 Å². The largest absolute Gasteiger partial charge is 0.544 e. The molecule has 3 nitrogen and oxygen atoms in total. The number of ether oxygens (including phenoxy) is 1. The van der Waals surface area contributed by atoms with Crippen molar-refractivity contribution in [2.75, 3.05) is 0 Å². The Morgan fingerprint density at radius 1 is 1.48 bits per heavy atom. The van der Waals surface area contributed by atoms with E-state index in [2.05, 4.69) is 46.5 Å². The molecule has 1 fully saturated rings. The van der Waals surface area contributed by atoms with Crippen LogP contribution < -0.4 is 0 Å². The zero-order valence-corrected chi connectivity index (χ0v) is 15.5. The van der Waals surface area contributed by atoms with Crippen LogP contribution in [0.3, 0.4) is 0 Å². The lowest BCUT2D eigenvalue weighted by Crippen LogP contribution is -2.40. The first-order valence-corrected chi connectivity index (χ1v) is 10.7. The summed E-state index contributed by atoms with van der Waals surface area (Å²) in [6, 6.07) is 0. The lowest BCUT2D eigenvalue weighted by atomic mass is 9.89. The molecular weight excluding hydrogens is 280 g/mol. The third kappa shape index (κ3) is 2.99. The molecule has 0 aromatic heterocycles.